The molecule has 1 aliphatic rings. The summed E-state index contributed by atoms with van der Waals surface area (Å²) in [5, 5.41) is 0. The predicted octanol–water partition coefficient (Wildman–Crippen LogP) is 2.07. The van der Waals surface area contributed by atoms with E-state index < -0.39 is 0 Å². The van der Waals surface area contributed by atoms with E-state index in [1.807, 2.05) is 19.1 Å². The van der Waals surface area contributed by atoms with Crippen molar-refractivity contribution in [1.82, 2.24) is 0 Å². The summed E-state index contributed by atoms with van der Waals surface area (Å²) in [4.78, 5) is 0. The van der Waals surface area contributed by atoms with Crippen LogP contribution in [-0.2, 0) is 4.74 Å². The zero-order valence-electron chi connectivity index (χ0n) is 6.21. The average molecular weight is 136 g/mol. The van der Waals surface area contributed by atoms with Crippen molar-refractivity contribution in [2.24, 2.45) is 0 Å². The Hall–Kier alpha value is -0.820. The van der Waals surface area contributed by atoms with Gasteiger partial charge in [-0.15, -0.1) is 0 Å². The highest BCUT2D eigenvalue weighted by atomic mass is 16.6. The topological polar surface area (TPSA) is 12.5 Å². The Bertz CT molecular complexity index is 173. The van der Waals surface area contributed by atoms with Gasteiger partial charge in [0.25, 0.3) is 0 Å². The molecule has 1 nitrogen and oxygen atoms in total. The van der Waals surface area contributed by atoms with Gasteiger partial charge in [-0.3, -0.25) is 0 Å². The first-order valence-corrected chi connectivity index (χ1v) is 3.45. The van der Waals surface area contributed by atoms with Crippen LogP contribution in [0.1, 0.15) is 6.92 Å². The van der Waals surface area contributed by atoms with Crippen LogP contribution in [-0.4, -0.2) is 12.7 Å². The lowest BCUT2D eigenvalue weighted by Gasteiger charge is -1.90. The van der Waals surface area contributed by atoms with Gasteiger partial charge in [0.1, 0.15) is 6.10 Å². The van der Waals surface area contributed by atoms with E-state index in [0.717, 1.165) is 6.61 Å². The SMILES string of the molecule is C=C/C=C\C(=C/C)C1CO1. The molecular formula is C9H12O. The first-order chi connectivity index (χ1) is 4.88. The van der Waals surface area contributed by atoms with Crippen molar-refractivity contribution in [2.75, 3.05) is 6.61 Å². The highest BCUT2D eigenvalue weighted by Crippen LogP contribution is 2.20. The Labute approximate surface area is 61.7 Å². The molecule has 1 rings (SSSR count). The smallest absolute Gasteiger partial charge is 0.106 e. The van der Waals surface area contributed by atoms with Crippen LogP contribution < -0.4 is 0 Å². The van der Waals surface area contributed by atoms with Gasteiger partial charge < -0.3 is 4.74 Å². The van der Waals surface area contributed by atoms with E-state index in [1.165, 1.54) is 5.57 Å². The minimum absolute atomic E-state index is 0.362. The number of allylic oxidation sites excluding steroid dienone is 3. The Morgan fingerprint density at radius 2 is 2.40 bits per heavy atom. The summed E-state index contributed by atoms with van der Waals surface area (Å²) >= 11 is 0. The van der Waals surface area contributed by atoms with Crippen molar-refractivity contribution in [2.45, 2.75) is 13.0 Å². The predicted molar refractivity (Wildman–Crippen MR) is 42.8 cm³/mol. The standard InChI is InChI=1S/C9H12O/c1-3-5-6-8(4-2)9-7-10-9/h3-6,9H,1,7H2,2H3/b6-5-,8-4+. The monoisotopic (exact) mass is 136 g/mol. The van der Waals surface area contributed by atoms with E-state index in [1.54, 1.807) is 6.08 Å². The second-order valence-corrected chi connectivity index (χ2v) is 2.21. The first kappa shape index (κ1) is 7.29. The van der Waals surface area contributed by atoms with Gasteiger partial charge in [0, 0.05) is 0 Å². The normalized spacial score (nSPS) is 25.3. The molecule has 0 radical (unpaired) electrons. The van der Waals surface area contributed by atoms with E-state index in [-0.39, 0.29) is 0 Å². The van der Waals surface area contributed by atoms with Crippen molar-refractivity contribution in [3.8, 4) is 0 Å². The first-order valence-electron chi connectivity index (χ1n) is 3.45. The molecule has 54 valence electrons. The average Bonchev–Trinajstić information content (AvgIpc) is 2.73. The highest BCUT2D eigenvalue weighted by Gasteiger charge is 2.24. The molecule has 0 saturated carbocycles. The van der Waals surface area contributed by atoms with Crippen LogP contribution in [0.25, 0.3) is 0 Å². The highest BCUT2D eigenvalue weighted by molar-refractivity contribution is 5.27. The number of hydrogen-bond acceptors (Lipinski definition) is 1. The summed E-state index contributed by atoms with van der Waals surface area (Å²) in [5.41, 5.74) is 1.25. The van der Waals surface area contributed by atoms with Crippen LogP contribution in [0.5, 0.6) is 0 Å². The van der Waals surface area contributed by atoms with Gasteiger partial charge in [-0.1, -0.05) is 30.9 Å². The number of ether oxygens (including phenoxy) is 1. The molecule has 1 heterocycles. The van der Waals surface area contributed by atoms with Crippen LogP contribution in [0.4, 0.5) is 0 Å². The quantitative estimate of drug-likeness (QED) is 0.427. The van der Waals surface area contributed by atoms with Gasteiger partial charge >= 0.3 is 0 Å². The van der Waals surface area contributed by atoms with Crippen LogP contribution >= 0.6 is 0 Å². The second-order valence-electron chi connectivity index (χ2n) is 2.21. The van der Waals surface area contributed by atoms with Crippen molar-refractivity contribution in [1.29, 1.82) is 0 Å². The number of epoxide rings is 1. The maximum absolute atomic E-state index is 5.10. The largest absolute Gasteiger partial charge is 0.368 e. The van der Waals surface area contributed by atoms with Gasteiger partial charge in [0.05, 0.1) is 6.61 Å². The molecule has 0 aromatic rings. The second kappa shape index (κ2) is 3.37. The van der Waals surface area contributed by atoms with Crippen molar-refractivity contribution < 1.29 is 4.74 Å². The fraction of sp³-hybridized carbons (Fsp3) is 0.333. The maximum atomic E-state index is 5.10. The zero-order chi connectivity index (χ0) is 7.40. The fourth-order valence-electron chi connectivity index (χ4n) is 0.809. The Morgan fingerprint density at radius 1 is 1.70 bits per heavy atom. The van der Waals surface area contributed by atoms with Crippen molar-refractivity contribution in [3.63, 3.8) is 0 Å². The summed E-state index contributed by atoms with van der Waals surface area (Å²) in [7, 11) is 0. The van der Waals surface area contributed by atoms with Crippen LogP contribution in [0.2, 0.25) is 0 Å². The van der Waals surface area contributed by atoms with E-state index >= 15 is 0 Å². The lowest BCUT2D eigenvalue weighted by Crippen LogP contribution is -1.86. The van der Waals surface area contributed by atoms with E-state index in [4.69, 9.17) is 4.74 Å². The fourth-order valence-corrected chi connectivity index (χ4v) is 0.809. The van der Waals surface area contributed by atoms with Crippen LogP contribution in [0.15, 0.2) is 36.5 Å². The Kier molecular flexibility index (Phi) is 2.46. The molecule has 1 aliphatic heterocycles. The third kappa shape index (κ3) is 1.85. The molecule has 1 atom stereocenters. The van der Waals surface area contributed by atoms with Gasteiger partial charge in [-0.25, -0.2) is 0 Å². The third-order valence-electron chi connectivity index (χ3n) is 1.46. The lowest BCUT2D eigenvalue weighted by atomic mass is 10.2. The summed E-state index contributed by atoms with van der Waals surface area (Å²) in [6.07, 6.45) is 8.16. The zero-order valence-corrected chi connectivity index (χ0v) is 6.21. The minimum Gasteiger partial charge on any atom is -0.368 e. The molecule has 1 fully saturated rings. The molecular weight excluding hydrogens is 124 g/mol. The molecule has 0 N–H and O–H groups in total. The van der Waals surface area contributed by atoms with Gasteiger partial charge in [0.2, 0.25) is 0 Å². The number of hydrogen-bond donors (Lipinski definition) is 0. The maximum Gasteiger partial charge on any atom is 0.106 e. The Morgan fingerprint density at radius 3 is 2.80 bits per heavy atom. The molecule has 0 amide bonds. The Balaban J connectivity index is 2.48. The molecule has 1 unspecified atom stereocenters. The molecule has 0 spiro atoms. The van der Waals surface area contributed by atoms with Crippen molar-refractivity contribution >= 4 is 0 Å². The van der Waals surface area contributed by atoms with Crippen LogP contribution in [0, 0.1) is 0 Å². The lowest BCUT2D eigenvalue weighted by molar-refractivity contribution is 0.434. The molecule has 1 heteroatoms. The summed E-state index contributed by atoms with van der Waals surface area (Å²) in [6, 6.07) is 0. The molecule has 10 heavy (non-hydrogen) atoms. The molecule has 1 saturated heterocycles. The third-order valence-corrected chi connectivity index (χ3v) is 1.46. The minimum atomic E-state index is 0.362. The van der Waals surface area contributed by atoms with Gasteiger partial charge in [-0.2, -0.15) is 0 Å². The van der Waals surface area contributed by atoms with Crippen LogP contribution in [0.3, 0.4) is 0 Å². The van der Waals surface area contributed by atoms with Gasteiger partial charge in [0.15, 0.2) is 0 Å². The molecule has 0 aromatic heterocycles. The summed E-state index contributed by atoms with van der Waals surface area (Å²) < 4.78 is 5.10. The summed E-state index contributed by atoms with van der Waals surface area (Å²) in [6.45, 7) is 6.49. The number of rotatable bonds is 3. The van der Waals surface area contributed by atoms with E-state index in [9.17, 15) is 0 Å². The molecule has 0 aromatic carbocycles. The van der Waals surface area contributed by atoms with E-state index in [0.29, 0.717) is 6.10 Å². The van der Waals surface area contributed by atoms with Gasteiger partial charge in [-0.05, 0) is 12.5 Å². The molecule has 0 bridgehead atoms. The van der Waals surface area contributed by atoms with E-state index in [2.05, 4.69) is 12.7 Å². The summed E-state index contributed by atoms with van der Waals surface area (Å²) in [5.74, 6) is 0. The van der Waals surface area contributed by atoms with Crippen molar-refractivity contribution in [3.05, 3.63) is 36.5 Å². The molecule has 0 aliphatic carbocycles.